The lowest BCUT2D eigenvalue weighted by Gasteiger charge is -2.48. The maximum Gasteiger partial charge on any atom is 0.482 e. The summed E-state index contributed by atoms with van der Waals surface area (Å²) in [5.74, 6) is -0.252. The van der Waals surface area contributed by atoms with Gasteiger partial charge in [0.2, 0.25) is 17.7 Å². The highest BCUT2D eigenvalue weighted by molar-refractivity contribution is 6.48. The van der Waals surface area contributed by atoms with Gasteiger partial charge in [0.25, 0.3) is 0 Å². The highest BCUT2D eigenvalue weighted by Crippen LogP contribution is 2.51. The summed E-state index contributed by atoms with van der Waals surface area (Å²) in [6, 6.07) is 7.47. The molecule has 3 fully saturated rings. The number of methoxy groups -OCH3 is 1. The van der Waals surface area contributed by atoms with Crippen molar-refractivity contribution in [3.8, 4) is 5.88 Å². The van der Waals surface area contributed by atoms with E-state index in [9.17, 15) is 19.5 Å². The lowest BCUT2D eigenvalue weighted by atomic mass is 9.62. The van der Waals surface area contributed by atoms with Crippen LogP contribution in [0.2, 0.25) is 0 Å². The van der Waals surface area contributed by atoms with E-state index < -0.39 is 60.2 Å². The van der Waals surface area contributed by atoms with E-state index in [1.54, 1.807) is 34.1 Å². The van der Waals surface area contributed by atoms with Gasteiger partial charge < -0.3 is 49.9 Å². The Morgan fingerprint density at radius 1 is 1.10 bits per heavy atom. The predicted molar refractivity (Wildman–Crippen MR) is 225 cm³/mol. The summed E-state index contributed by atoms with van der Waals surface area (Å²) in [6.45, 7) is 15.3. The fraction of sp³-hybridized carbons (Fsp3) is 0.636. The van der Waals surface area contributed by atoms with Gasteiger partial charge in [-0.15, -0.1) is 0 Å². The van der Waals surface area contributed by atoms with Crippen molar-refractivity contribution in [1.29, 1.82) is 0 Å². The van der Waals surface area contributed by atoms with Crippen LogP contribution in [0.25, 0.3) is 10.8 Å². The predicted octanol–water partition coefficient (Wildman–Crippen LogP) is 5.64. The Morgan fingerprint density at radius 3 is 2.53 bits per heavy atom. The van der Waals surface area contributed by atoms with Crippen molar-refractivity contribution >= 4 is 35.8 Å². The monoisotopic (exact) mass is 817 g/mol. The van der Waals surface area contributed by atoms with Crippen LogP contribution in [0, 0.1) is 22.7 Å². The number of hydrogen-bond acceptors (Lipinski definition) is 10. The van der Waals surface area contributed by atoms with E-state index in [0.29, 0.717) is 32.1 Å². The average Bonchev–Trinajstić information content (AvgIpc) is 3.76. The Morgan fingerprint density at radius 2 is 1.86 bits per heavy atom. The first kappa shape index (κ1) is 44.4. The molecule has 14 nitrogen and oxygen atoms in total. The molecule has 1 aromatic heterocycles. The zero-order chi connectivity index (χ0) is 42.7. The molecule has 59 heavy (non-hydrogen) atoms. The maximum absolute atomic E-state index is 14.9. The summed E-state index contributed by atoms with van der Waals surface area (Å²) < 4.78 is 31.9. The topological polar surface area (TPSA) is 184 Å². The van der Waals surface area contributed by atoms with Gasteiger partial charge in [-0.1, -0.05) is 65.8 Å². The third-order valence-electron chi connectivity index (χ3n) is 12.9. The Hall–Kier alpha value is -4.18. The largest absolute Gasteiger partial charge is 0.501 e. The number of allylic oxidation sites excluding steroid dienone is 3. The normalized spacial score (nSPS) is 26.9. The van der Waals surface area contributed by atoms with Gasteiger partial charge in [0.05, 0.1) is 50.3 Å². The van der Waals surface area contributed by atoms with Crippen LogP contribution in [0.3, 0.4) is 0 Å². The van der Waals surface area contributed by atoms with E-state index in [0.717, 1.165) is 47.8 Å². The van der Waals surface area contributed by atoms with Crippen molar-refractivity contribution in [2.75, 3.05) is 33.4 Å². The van der Waals surface area contributed by atoms with E-state index in [4.69, 9.17) is 29.3 Å². The highest BCUT2D eigenvalue weighted by atomic mass is 16.7. The number of carbonyl (C=O) groups is 3. The van der Waals surface area contributed by atoms with Crippen molar-refractivity contribution < 1.29 is 43.0 Å². The number of nitrogens with zero attached hydrogens (tertiary/aromatic N) is 2. The smallest absolute Gasteiger partial charge is 0.482 e. The second kappa shape index (κ2) is 18.2. The summed E-state index contributed by atoms with van der Waals surface area (Å²) in [6.07, 6.45) is 7.39. The molecule has 5 N–H and O–H groups in total. The number of nitrogens with one attached hydrogen (secondary N) is 2. The molecule has 0 radical (unpaired) electrons. The Kier molecular flexibility index (Phi) is 13.7. The van der Waals surface area contributed by atoms with Crippen LogP contribution in [-0.4, -0.2) is 109 Å². The molecule has 3 amide bonds. The fourth-order valence-corrected chi connectivity index (χ4v) is 9.43. The Balaban J connectivity index is 1.29. The number of carboxylic acid groups (broad SMARTS) is 1. The first-order valence-electron chi connectivity index (χ1n) is 21.1. The minimum atomic E-state index is -1.33. The molecule has 2 saturated heterocycles. The van der Waals surface area contributed by atoms with Gasteiger partial charge in [0.15, 0.2) is 0 Å². The van der Waals surface area contributed by atoms with E-state index in [1.807, 2.05) is 42.5 Å². The highest BCUT2D eigenvalue weighted by Gasteiger charge is 2.59. The van der Waals surface area contributed by atoms with E-state index in [-0.39, 0.29) is 36.3 Å². The molecule has 8 atom stereocenters. The third-order valence-corrected chi connectivity index (χ3v) is 12.9. The number of amides is 3. The van der Waals surface area contributed by atoms with Crippen LogP contribution < -0.4 is 21.1 Å². The standard InChI is InChI=1S/C44H64BN5O9/c1-9-28(25-56-24-27-14-16-31(55-8)17-15-27)37(45-58-35-20-30(22-46)43(5,6)26-44(35,7)59-45)49-38(51)34-21-32(57-39-33-13-11-10-12-29(33)18-19-47-39)23-50(34)40(52)36(42(2,3)4)48-41(53)54/h10-14,16,18-19,28,30,32,34-37,48H,9,15,17,20-26,46H2,1-8H3,(H,49,51)(H,53,54)/t28?,30-,32-,34?,35-,36-,37?,44+/m1/s1. The average molecular weight is 818 g/mol. The molecule has 6 rings (SSSR count). The quantitative estimate of drug-likeness (QED) is 0.163. The molecular weight excluding hydrogens is 753 g/mol. The van der Waals surface area contributed by atoms with Crippen LogP contribution >= 0.6 is 0 Å². The van der Waals surface area contributed by atoms with Crippen molar-refractivity contribution in [3.05, 3.63) is 60.0 Å². The maximum atomic E-state index is 14.9. The minimum Gasteiger partial charge on any atom is -0.501 e. The van der Waals surface area contributed by atoms with E-state index >= 15 is 0 Å². The summed E-state index contributed by atoms with van der Waals surface area (Å²) in [7, 11) is 0.873. The lowest BCUT2D eigenvalue weighted by molar-refractivity contribution is -0.142. The van der Waals surface area contributed by atoms with Gasteiger partial charge in [0.1, 0.15) is 18.2 Å². The molecule has 1 aromatic carbocycles. The van der Waals surface area contributed by atoms with Gasteiger partial charge in [-0.25, -0.2) is 9.78 Å². The number of likely N-dealkylation sites (tertiary alicyclic amines) is 1. The molecule has 3 heterocycles. The third kappa shape index (κ3) is 10.1. The van der Waals surface area contributed by atoms with Gasteiger partial charge >= 0.3 is 13.2 Å². The second-order valence-corrected chi connectivity index (χ2v) is 18.7. The molecule has 0 bridgehead atoms. The number of ether oxygens (including phenoxy) is 3. The zero-order valence-electron chi connectivity index (χ0n) is 36.0. The molecule has 322 valence electrons. The molecular formula is C44H64BN5O9. The van der Waals surface area contributed by atoms with Crippen LogP contribution in [0.15, 0.2) is 60.0 Å². The van der Waals surface area contributed by atoms with Gasteiger partial charge in [-0.3, -0.25) is 9.59 Å². The summed E-state index contributed by atoms with van der Waals surface area (Å²) in [4.78, 5) is 47.4. The van der Waals surface area contributed by atoms with Crippen LogP contribution in [0.1, 0.15) is 87.0 Å². The molecule has 0 spiro atoms. The van der Waals surface area contributed by atoms with E-state index in [2.05, 4.69) is 43.3 Å². The summed E-state index contributed by atoms with van der Waals surface area (Å²) >= 11 is 0. The molecule has 1 saturated carbocycles. The number of hydrogen-bond donors (Lipinski definition) is 4. The summed E-state index contributed by atoms with van der Waals surface area (Å²) in [5.41, 5.74) is 5.92. The number of carbonyl (C=O) groups excluding carboxylic acids is 2. The van der Waals surface area contributed by atoms with E-state index in [1.165, 1.54) is 4.90 Å². The molecule has 2 aliphatic carbocycles. The van der Waals surface area contributed by atoms with Gasteiger partial charge in [-0.2, -0.15) is 0 Å². The minimum absolute atomic E-state index is 0.0428. The number of benzene rings is 1. The first-order chi connectivity index (χ1) is 28.0. The number of pyridine rings is 1. The molecule has 2 aromatic rings. The second-order valence-electron chi connectivity index (χ2n) is 18.7. The summed E-state index contributed by atoms with van der Waals surface area (Å²) in [5, 5.41) is 17.3. The van der Waals surface area contributed by atoms with Crippen LogP contribution in [-0.2, 0) is 28.4 Å². The molecule has 4 aliphatic rings. The van der Waals surface area contributed by atoms with Crippen molar-refractivity contribution in [3.63, 3.8) is 0 Å². The molecule has 3 unspecified atom stereocenters. The first-order valence-corrected chi connectivity index (χ1v) is 21.1. The number of rotatable bonds is 15. The molecule has 2 aliphatic heterocycles. The lowest BCUT2D eigenvalue weighted by Crippen LogP contribution is -2.60. The van der Waals surface area contributed by atoms with Crippen molar-refractivity contribution in [2.24, 2.45) is 28.4 Å². The van der Waals surface area contributed by atoms with Crippen LogP contribution in [0.4, 0.5) is 4.79 Å². The van der Waals surface area contributed by atoms with Crippen molar-refractivity contribution in [2.45, 2.75) is 123 Å². The zero-order valence-corrected chi connectivity index (χ0v) is 36.0. The fourth-order valence-electron chi connectivity index (χ4n) is 9.43. The molecule has 15 heteroatoms. The Labute approximate surface area is 349 Å². The SMILES string of the molecule is CCC(COCC1=CC=C(OC)CC1)C(NC(=O)C1C[C@@H](Oc2nccc3ccccc23)CN1C(=O)[C@@H](NC(=O)O)C(C)(C)C)B1O[C@@H]2C[C@H](CN)C(C)(C)C[C@]2(C)O1. The van der Waals surface area contributed by atoms with Crippen molar-refractivity contribution in [1.82, 2.24) is 20.5 Å². The van der Waals surface area contributed by atoms with Gasteiger partial charge in [-0.05, 0) is 85.1 Å². The number of fused-ring (bicyclic) bond motifs is 2. The number of nitrogens with two attached hydrogens (primary N) is 1. The Bertz CT molecular complexity index is 1900. The number of aromatic nitrogens is 1. The van der Waals surface area contributed by atoms with Gasteiger partial charge in [0, 0.05) is 30.3 Å². The van der Waals surface area contributed by atoms with Crippen LogP contribution in [0.5, 0.6) is 5.88 Å².